The highest BCUT2D eigenvalue weighted by Gasteiger charge is 2.13. The Balaban J connectivity index is 1.79. The topological polar surface area (TPSA) is 59.8 Å². The number of halogens is 2. The van der Waals surface area contributed by atoms with Gasteiger partial charge in [0, 0.05) is 28.7 Å². The van der Waals surface area contributed by atoms with E-state index in [0.717, 1.165) is 5.56 Å². The minimum absolute atomic E-state index is 0.247. The number of hydrogen-bond donors (Lipinski definition) is 1. The van der Waals surface area contributed by atoms with E-state index in [1.807, 2.05) is 12.3 Å². The fraction of sp³-hybridized carbons (Fsp3) is 0.133. The summed E-state index contributed by atoms with van der Waals surface area (Å²) in [7, 11) is 0. The second-order valence-corrected chi connectivity index (χ2v) is 6.40. The van der Waals surface area contributed by atoms with Gasteiger partial charge in [-0.2, -0.15) is 5.10 Å². The average molecular weight is 367 g/mol. The Hall–Kier alpha value is -1.89. The minimum Gasteiger partial charge on any atom is -0.298 e. The molecule has 0 aliphatic carbocycles. The van der Waals surface area contributed by atoms with E-state index in [0.29, 0.717) is 33.0 Å². The molecule has 0 saturated carbocycles. The van der Waals surface area contributed by atoms with Gasteiger partial charge < -0.3 is 0 Å². The lowest BCUT2D eigenvalue weighted by atomic mass is 10.2. The Kier molecular flexibility index (Phi) is 4.66. The van der Waals surface area contributed by atoms with Gasteiger partial charge >= 0.3 is 0 Å². The van der Waals surface area contributed by atoms with E-state index in [2.05, 4.69) is 15.4 Å². The molecule has 0 spiro atoms. The van der Waals surface area contributed by atoms with Crippen molar-refractivity contribution in [2.45, 2.75) is 13.5 Å². The maximum Gasteiger partial charge on any atom is 0.260 e. The van der Waals surface area contributed by atoms with Gasteiger partial charge in [-0.05, 0) is 25.1 Å². The number of anilines is 1. The van der Waals surface area contributed by atoms with Crippen LogP contribution in [0.3, 0.4) is 0 Å². The number of hydrogen-bond acceptors (Lipinski definition) is 4. The van der Waals surface area contributed by atoms with Gasteiger partial charge in [0.1, 0.15) is 0 Å². The second kappa shape index (κ2) is 6.70. The number of benzene rings is 1. The van der Waals surface area contributed by atoms with Crippen molar-refractivity contribution < 1.29 is 4.79 Å². The molecule has 0 aliphatic rings. The molecule has 118 valence electrons. The summed E-state index contributed by atoms with van der Waals surface area (Å²) < 4.78 is 1.69. The first kappa shape index (κ1) is 16.0. The van der Waals surface area contributed by atoms with Gasteiger partial charge in [0.25, 0.3) is 5.91 Å². The van der Waals surface area contributed by atoms with Crippen molar-refractivity contribution in [1.82, 2.24) is 14.8 Å². The summed E-state index contributed by atoms with van der Waals surface area (Å²) >= 11 is 13.5. The number of thiazole rings is 1. The average Bonchev–Trinajstić information content (AvgIpc) is 3.18. The molecule has 3 aromatic rings. The van der Waals surface area contributed by atoms with Gasteiger partial charge in [-0.15, -0.1) is 11.3 Å². The van der Waals surface area contributed by atoms with E-state index >= 15 is 0 Å². The molecule has 0 bridgehead atoms. The molecule has 1 aromatic carbocycles. The Morgan fingerprint density at radius 2 is 2.22 bits per heavy atom. The lowest BCUT2D eigenvalue weighted by Crippen LogP contribution is -2.10. The lowest BCUT2D eigenvalue weighted by molar-refractivity contribution is 0.102. The summed E-state index contributed by atoms with van der Waals surface area (Å²) in [6.07, 6.45) is 3.22. The Morgan fingerprint density at radius 1 is 1.39 bits per heavy atom. The van der Waals surface area contributed by atoms with Crippen molar-refractivity contribution in [2.24, 2.45) is 0 Å². The summed E-state index contributed by atoms with van der Waals surface area (Å²) in [5.74, 6) is -0.247. The Labute approximate surface area is 146 Å². The standard InChI is InChI=1S/C15H12Cl2N4OS/c1-2-21-7-9(6-18-21)14(22)20-15-19-13(8-23-15)11-5-10(16)3-4-12(11)17/h3-8H,2H2,1H3,(H,19,20,22). The van der Waals surface area contributed by atoms with Gasteiger partial charge in [0.05, 0.1) is 22.5 Å². The van der Waals surface area contributed by atoms with Crippen molar-refractivity contribution in [1.29, 1.82) is 0 Å². The maximum absolute atomic E-state index is 12.2. The van der Waals surface area contributed by atoms with Crippen molar-refractivity contribution in [3.05, 3.63) is 51.6 Å². The summed E-state index contributed by atoms with van der Waals surface area (Å²) in [6.45, 7) is 2.67. The van der Waals surface area contributed by atoms with Crippen LogP contribution < -0.4 is 5.32 Å². The quantitative estimate of drug-likeness (QED) is 0.734. The fourth-order valence-electron chi connectivity index (χ4n) is 1.97. The number of aryl methyl sites for hydroxylation is 1. The molecule has 8 heteroatoms. The minimum atomic E-state index is -0.247. The number of aromatic nitrogens is 3. The molecule has 0 radical (unpaired) electrons. The van der Waals surface area contributed by atoms with Crippen LogP contribution in [-0.2, 0) is 6.54 Å². The van der Waals surface area contributed by atoms with Gasteiger partial charge in [-0.25, -0.2) is 4.98 Å². The van der Waals surface area contributed by atoms with Crippen LogP contribution in [0.1, 0.15) is 17.3 Å². The van der Waals surface area contributed by atoms with Crippen molar-refractivity contribution in [2.75, 3.05) is 5.32 Å². The highest BCUT2D eigenvalue weighted by atomic mass is 35.5. The fourth-order valence-corrected chi connectivity index (χ4v) is 3.06. The molecule has 1 N–H and O–H groups in total. The van der Waals surface area contributed by atoms with Gasteiger partial charge in [0.2, 0.25) is 0 Å². The molecule has 0 unspecified atom stereocenters. The molecule has 3 rings (SSSR count). The zero-order valence-electron chi connectivity index (χ0n) is 12.1. The van der Waals surface area contributed by atoms with E-state index in [4.69, 9.17) is 23.2 Å². The third-order valence-electron chi connectivity index (χ3n) is 3.15. The highest BCUT2D eigenvalue weighted by Crippen LogP contribution is 2.32. The monoisotopic (exact) mass is 366 g/mol. The third kappa shape index (κ3) is 3.55. The molecule has 0 saturated heterocycles. The van der Waals surface area contributed by atoms with Crippen LogP contribution >= 0.6 is 34.5 Å². The molecule has 2 aromatic heterocycles. The maximum atomic E-state index is 12.2. The first-order chi connectivity index (χ1) is 11.1. The number of carbonyl (C=O) groups is 1. The Bertz CT molecular complexity index is 859. The Morgan fingerprint density at radius 3 is 2.96 bits per heavy atom. The van der Waals surface area contributed by atoms with Crippen molar-refractivity contribution in [3.8, 4) is 11.3 Å². The van der Waals surface area contributed by atoms with Gasteiger partial charge in [0.15, 0.2) is 5.13 Å². The number of carbonyl (C=O) groups excluding carboxylic acids is 1. The molecular formula is C15H12Cl2N4OS. The summed E-state index contributed by atoms with van der Waals surface area (Å²) in [5, 5.41) is 10.3. The molecule has 23 heavy (non-hydrogen) atoms. The van der Waals surface area contributed by atoms with Crippen molar-refractivity contribution >= 4 is 45.6 Å². The van der Waals surface area contributed by atoms with Gasteiger partial charge in [-0.3, -0.25) is 14.8 Å². The van der Waals surface area contributed by atoms with Crippen LogP contribution in [-0.4, -0.2) is 20.7 Å². The third-order valence-corrected chi connectivity index (χ3v) is 4.47. The number of nitrogens with one attached hydrogen (secondary N) is 1. The van der Waals surface area contributed by atoms with Crippen molar-refractivity contribution in [3.63, 3.8) is 0 Å². The SMILES string of the molecule is CCn1cc(C(=O)Nc2nc(-c3cc(Cl)ccc3Cl)cs2)cn1. The van der Waals surface area contributed by atoms with Gasteiger partial charge in [-0.1, -0.05) is 23.2 Å². The number of rotatable bonds is 4. The largest absolute Gasteiger partial charge is 0.298 e. The van der Waals surface area contributed by atoms with E-state index in [-0.39, 0.29) is 5.91 Å². The first-order valence-corrected chi connectivity index (χ1v) is 8.45. The van der Waals surface area contributed by atoms with E-state index in [1.165, 1.54) is 17.5 Å². The van der Waals surface area contributed by atoms with Crippen LogP contribution in [0.15, 0.2) is 36.0 Å². The normalized spacial score (nSPS) is 10.7. The summed E-state index contributed by atoms with van der Waals surface area (Å²) in [6, 6.07) is 5.18. The van der Waals surface area contributed by atoms with Crippen LogP contribution in [0.4, 0.5) is 5.13 Å². The molecular weight excluding hydrogens is 355 g/mol. The van der Waals surface area contributed by atoms with E-state index < -0.39 is 0 Å². The number of nitrogens with zero attached hydrogens (tertiary/aromatic N) is 3. The summed E-state index contributed by atoms with van der Waals surface area (Å²) in [5.41, 5.74) is 1.89. The number of amides is 1. The zero-order valence-corrected chi connectivity index (χ0v) is 14.4. The summed E-state index contributed by atoms with van der Waals surface area (Å²) in [4.78, 5) is 16.6. The van der Waals surface area contributed by atoms with E-state index in [1.54, 1.807) is 29.1 Å². The smallest absolute Gasteiger partial charge is 0.260 e. The van der Waals surface area contributed by atoms with Crippen LogP contribution in [0.25, 0.3) is 11.3 Å². The predicted octanol–water partition coefficient (Wildman–Crippen LogP) is 4.59. The van der Waals surface area contributed by atoms with Crippen LogP contribution in [0, 0.1) is 0 Å². The predicted molar refractivity (Wildman–Crippen MR) is 93.4 cm³/mol. The molecule has 0 aliphatic heterocycles. The first-order valence-electron chi connectivity index (χ1n) is 6.81. The zero-order chi connectivity index (χ0) is 16.4. The van der Waals surface area contributed by atoms with Crippen LogP contribution in [0.5, 0.6) is 0 Å². The van der Waals surface area contributed by atoms with Crippen LogP contribution in [0.2, 0.25) is 10.0 Å². The highest BCUT2D eigenvalue weighted by molar-refractivity contribution is 7.14. The molecule has 0 atom stereocenters. The molecule has 0 fully saturated rings. The molecule has 2 heterocycles. The lowest BCUT2D eigenvalue weighted by Gasteiger charge is -2.01. The molecule has 5 nitrogen and oxygen atoms in total. The second-order valence-electron chi connectivity index (χ2n) is 4.70. The molecule has 1 amide bonds. The van der Waals surface area contributed by atoms with E-state index in [9.17, 15) is 4.79 Å².